The van der Waals surface area contributed by atoms with Gasteiger partial charge in [-0.15, -0.1) is 11.8 Å². The van der Waals surface area contributed by atoms with Gasteiger partial charge in [0, 0.05) is 12.3 Å². The van der Waals surface area contributed by atoms with Gasteiger partial charge in [-0.1, -0.05) is 0 Å². The number of rotatable bonds is 5. The maximum absolute atomic E-state index is 11.4. The summed E-state index contributed by atoms with van der Waals surface area (Å²) in [4.78, 5) is 21.3. The molecule has 1 aromatic rings. The van der Waals surface area contributed by atoms with E-state index in [1.165, 1.54) is 26.0 Å². The number of aliphatic carboxylic acids is 1. The van der Waals surface area contributed by atoms with Gasteiger partial charge in [-0.25, -0.2) is 8.42 Å². The van der Waals surface area contributed by atoms with Crippen LogP contribution in [-0.4, -0.2) is 35.4 Å². The lowest BCUT2D eigenvalue weighted by Crippen LogP contribution is -2.27. The lowest BCUT2D eigenvalue weighted by molar-refractivity contribution is -0.388. The molecule has 0 radical (unpaired) electrons. The normalized spacial score (nSPS) is 12.2. The second kappa shape index (κ2) is 5.41. The van der Waals surface area contributed by atoms with Crippen LogP contribution in [0.3, 0.4) is 0 Å². The molecule has 1 rings (SSSR count). The Bertz CT molecular complexity index is 665. The summed E-state index contributed by atoms with van der Waals surface area (Å²) in [6.45, 7) is 2.82. The van der Waals surface area contributed by atoms with E-state index in [2.05, 4.69) is 0 Å². The summed E-state index contributed by atoms with van der Waals surface area (Å²) >= 11 is 0.792. The van der Waals surface area contributed by atoms with Gasteiger partial charge in [0.25, 0.3) is 5.69 Å². The van der Waals surface area contributed by atoms with Gasteiger partial charge >= 0.3 is 5.97 Å². The standard InChI is InChI=1S/C11H13NO6S2/c1-11(2,10(13)14)19-9-5-4-7(20(3,17)18)6-8(9)12(15)16/h4-6H,1-3H3,(H,13,14). The Balaban J connectivity index is 3.36. The molecule has 1 aromatic carbocycles. The molecule has 0 aromatic heterocycles. The topological polar surface area (TPSA) is 115 Å². The number of carboxylic acid groups (broad SMARTS) is 1. The van der Waals surface area contributed by atoms with Crippen LogP contribution < -0.4 is 0 Å². The third-order valence-electron chi connectivity index (χ3n) is 2.44. The fraction of sp³-hybridized carbons (Fsp3) is 0.364. The SMILES string of the molecule is CC(C)(Sc1ccc(S(C)(=O)=O)cc1[N+](=O)[O-])C(=O)O. The van der Waals surface area contributed by atoms with Crippen molar-refractivity contribution in [2.75, 3.05) is 6.26 Å². The van der Waals surface area contributed by atoms with Crippen molar-refractivity contribution >= 4 is 33.3 Å². The van der Waals surface area contributed by atoms with Gasteiger partial charge in [-0.3, -0.25) is 14.9 Å². The molecule has 0 unspecified atom stereocenters. The molecule has 110 valence electrons. The van der Waals surface area contributed by atoms with E-state index >= 15 is 0 Å². The summed E-state index contributed by atoms with van der Waals surface area (Å²) in [5.74, 6) is -1.12. The predicted molar refractivity (Wildman–Crippen MR) is 73.8 cm³/mol. The minimum atomic E-state index is -3.57. The summed E-state index contributed by atoms with van der Waals surface area (Å²) in [6, 6.07) is 3.42. The molecule has 0 spiro atoms. The number of hydrogen-bond acceptors (Lipinski definition) is 6. The highest BCUT2D eigenvalue weighted by molar-refractivity contribution is 8.01. The summed E-state index contributed by atoms with van der Waals surface area (Å²) in [5, 5.41) is 20.0. The molecule has 0 aliphatic heterocycles. The molecule has 0 aliphatic carbocycles. The maximum Gasteiger partial charge on any atom is 0.319 e. The number of sulfone groups is 1. The number of benzene rings is 1. The van der Waals surface area contributed by atoms with E-state index in [1.807, 2.05) is 0 Å². The lowest BCUT2D eigenvalue weighted by Gasteiger charge is -2.18. The average Bonchev–Trinajstić information content (AvgIpc) is 2.26. The van der Waals surface area contributed by atoms with Crippen molar-refractivity contribution in [3.63, 3.8) is 0 Å². The van der Waals surface area contributed by atoms with E-state index in [-0.39, 0.29) is 9.79 Å². The van der Waals surface area contributed by atoms with Crippen LogP contribution >= 0.6 is 11.8 Å². The predicted octanol–water partition coefficient (Wildman–Crippen LogP) is 1.95. The fourth-order valence-corrected chi connectivity index (χ4v) is 2.93. The Kier molecular flexibility index (Phi) is 4.45. The van der Waals surface area contributed by atoms with Crippen molar-refractivity contribution < 1.29 is 23.2 Å². The second-order valence-corrected chi connectivity index (χ2v) is 8.26. The summed E-state index contributed by atoms with van der Waals surface area (Å²) in [6.07, 6.45) is 0.945. The Hall–Kier alpha value is -1.61. The van der Waals surface area contributed by atoms with E-state index in [9.17, 15) is 23.3 Å². The molecule has 0 heterocycles. The van der Waals surface area contributed by atoms with Gasteiger partial charge < -0.3 is 5.11 Å². The highest BCUT2D eigenvalue weighted by Crippen LogP contribution is 2.39. The third kappa shape index (κ3) is 3.70. The Morgan fingerprint density at radius 3 is 2.35 bits per heavy atom. The highest BCUT2D eigenvalue weighted by Gasteiger charge is 2.32. The van der Waals surface area contributed by atoms with Gasteiger partial charge in [0.1, 0.15) is 4.75 Å². The molecule has 0 saturated carbocycles. The molecular formula is C11H13NO6S2. The van der Waals surface area contributed by atoms with Gasteiger partial charge in [0.05, 0.1) is 14.7 Å². The monoisotopic (exact) mass is 319 g/mol. The summed E-state index contributed by atoms with van der Waals surface area (Å²) in [5.41, 5.74) is -0.424. The van der Waals surface area contributed by atoms with Crippen LogP contribution in [0.15, 0.2) is 28.0 Å². The zero-order chi connectivity index (χ0) is 15.7. The molecular weight excluding hydrogens is 306 g/mol. The minimum absolute atomic E-state index is 0.106. The quantitative estimate of drug-likeness (QED) is 0.501. The first-order chi connectivity index (χ1) is 8.95. The molecule has 20 heavy (non-hydrogen) atoms. The van der Waals surface area contributed by atoms with Crippen molar-refractivity contribution in [3.05, 3.63) is 28.3 Å². The molecule has 0 saturated heterocycles. The molecule has 0 atom stereocenters. The van der Waals surface area contributed by atoms with Gasteiger partial charge in [0.15, 0.2) is 9.84 Å². The first-order valence-electron chi connectivity index (χ1n) is 5.36. The van der Waals surface area contributed by atoms with E-state index in [1.54, 1.807) is 0 Å². The number of carboxylic acids is 1. The van der Waals surface area contributed by atoms with Gasteiger partial charge in [-0.05, 0) is 26.0 Å². The zero-order valence-electron chi connectivity index (χ0n) is 11.0. The van der Waals surface area contributed by atoms with Gasteiger partial charge in [-0.2, -0.15) is 0 Å². The van der Waals surface area contributed by atoms with Crippen LogP contribution in [0.2, 0.25) is 0 Å². The largest absolute Gasteiger partial charge is 0.480 e. The van der Waals surface area contributed by atoms with Gasteiger partial charge in [0.2, 0.25) is 0 Å². The van der Waals surface area contributed by atoms with E-state index in [0.29, 0.717) is 0 Å². The van der Waals surface area contributed by atoms with Crippen LogP contribution in [-0.2, 0) is 14.6 Å². The smallest absolute Gasteiger partial charge is 0.319 e. The number of nitro groups is 1. The van der Waals surface area contributed by atoms with E-state index in [4.69, 9.17) is 5.11 Å². The number of hydrogen-bond donors (Lipinski definition) is 1. The molecule has 0 aliphatic rings. The first-order valence-corrected chi connectivity index (χ1v) is 8.07. The number of nitrogens with zero attached hydrogens (tertiary/aromatic N) is 1. The minimum Gasteiger partial charge on any atom is -0.480 e. The number of nitro benzene ring substituents is 1. The van der Waals surface area contributed by atoms with Crippen molar-refractivity contribution in [3.8, 4) is 0 Å². The molecule has 0 bridgehead atoms. The van der Waals surface area contributed by atoms with Crippen LogP contribution in [0.5, 0.6) is 0 Å². The van der Waals surface area contributed by atoms with Crippen LogP contribution in [0.4, 0.5) is 5.69 Å². The molecule has 9 heteroatoms. The average molecular weight is 319 g/mol. The number of carbonyl (C=O) groups is 1. The third-order valence-corrected chi connectivity index (χ3v) is 4.80. The lowest BCUT2D eigenvalue weighted by atomic mass is 10.2. The maximum atomic E-state index is 11.4. The second-order valence-electron chi connectivity index (χ2n) is 4.58. The Labute approximate surface area is 120 Å². The number of thioether (sulfide) groups is 1. The summed E-state index contributed by atoms with van der Waals surface area (Å²) < 4.78 is 21.5. The van der Waals surface area contributed by atoms with Crippen molar-refractivity contribution in [1.82, 2.24) is 0 Å². The molecule has 7 nitrogen and oxygen atoms in total. The summed E-state index contributed by atoms with van der Waals surface area (Å²) in [7, 11) is -3.57. The molecule has 0 fully saturated rings. The van der Waals surface area contributed by atoms with Crippen molar-refractivity contribution in [2.24, 2.45) is 0 Å². The van der Waals surface area contributed by atoms with Crippen molar-refractivity contribution in [2.45, 2.75) is 28.4 Å². The van der Waals surface area contributed by atoms with Crippen LogP contribution in [0, 0.1) is 10.1 Å². The molecule has 1 N–H and O–H groups in total. The van der Waals surface area contributed by atoms with Crippen LogP contribution in [0.1, 0.15) is 13.8 Å². The van der Waals surface area contributed by atoms with E-state index in [0.717, 1.165) is 24.1 Å². The Morgan fingerprint density at radius 1 is 1.40 bits per heavy atom. The van der Waals surface area contributed by atoms with E-state index < -0.39 is 31.2 Å². The van der Waals surface area contributed by atoms with Crippen LogP contribution in [0.25, 0.3) is 0 Å². The fourth-order valence-electron chi connectivity index (χ4n) is 1.28. The zero-order valence-corrected chi connectivity index (χ0v) is 12.6. The molecule has 0 amide bonds. The van der Waals surface area contributed by atoms with Crippen molar-refractivity contribution in [1.29, 1.82) is 0 Å². The Morgan fingerprint density at radius 2 is 1.95 bits per heavy atom. The highest BCUT2D eigenvalue weighted by atomic mass is 32.2. The first kappa shape index (κ1) is 16.4.